The molecule has 1 aromatic heterocycles. The maximum absolute atomic E-state index is 12.0. The van der Waals surface area contributed by atoms with Gasteiger partial charge in [0.05, 0.1) is 10.7 Å². The molecule has 0 spiro atoms. The number of hydrogen-bond acceptors (Lipinski definition) is 3. The van der Waals surface area contributed by atoms with Crippen molar-refractivity contribution >= 4 is 23.5 Å². The molecule has 1 aliphatic rings. The van der Waals surface area contributed by atoms with Gasteiger partial charge < -0.3 is 10.4 Å². The molecule has 0 aliphatic heterocycles. The summed E-state index contributed by atoms with van der Waals surface area (Å²) in [7, 11) is 1.68. The second kappa shape index (κ2) is 5.21. The summed E-state index contributed by atoms with van der Waals surface area (Å²) in [5.41, 5.74) is 0.740. The first-order valence-electron chi connectivity index (χ1n) is 6.13. The average Bonchev–Trinajstić information content (AvgIpc) is 3.12. The van der Waals surface area contributed by atoms with Gasteiger partial charge in [-0.25, -0.2) is 4.79 Å². The van der Waals surface area contributed by atoms with Crippen LogP contribution in [-0.2, 0) is 11.8 Å². The highest BCUT2D eigenvalue weighted by molar-refractivity contribution is 6.34. The Kier molecular flexibility index (Phi) is 3.80. The van der Waals surface area contributed by atoms with Gasteiger partial charge in [0.15, 0.2) is 5.69 Å². The van der Waals surface area contributed by atoms with Gasteiger partial charge in [-0.3, -0.25) is 9.48 Å². The molecule has 2 rings (SSSR count). The molecule has 1 atom stereocenters. The molecule has 1 fully saturated rings. The molecule has 7 heteroatoms. The molecule has 1 aliphatic carbocycles. The first-order valence-corrected chi connectivity index (χ1v) is 6.50. The summed E-state index contributed by atoms with van der Waals surface area (Å²) < 4.78 is 1.49. The lowest BCUT2D eigenvalue weighted by atomic mass is 10.1. The normalized spacial score (nSPS) is 16.2. The monoisotopic (exact) mass is 285 g/mol. The van der Waals surface area contributed by atoms with E-state index in [9.17, 15) is 9.59 Å². The molecule has 1 saturated carbocycles. The number of nitrogens with zero attached hydrogens (tertiary/aromatic N) is 2. The largest absolute Gasteiger partial charge is 0.480 e. The first-order chi connectivity index (χ1) is 8.90. The second-order valence-corrected chi connectivity index (χ2v) is 5.29. The highest BCUT2D eigenvalue weighted by Gasteiger charge is 2.31. The van der Waals surface area contributed by atoms with E-state index in [4.69, 9.17) is 16.7 Å². The van der Waals surface area contributed by atoms with Crippen molar-refractivity contribution in [1.29, 1.82) is 0 Å². The topological polar surface area (TPSA) is 84.2 Å². The molecule has 19 heavy (non-hydrogen) atoms. The van der Waals surface area contributed by atoms with Crippen molar-refractivity contribution in [3.63, 3.8) is 0 Å². The van der Waals surface area contributed by atoms with Crippen molar-refractivity contribution in [2.45, 2.75) is 32.2 Å². The van der Waals surface area contributed by atoms with Crippen LogP contribution in [0.15, 0.2) is 0 Å². The van der Waals surface area contributed by atoms with Crippen LogP contribution in [0.4, 0.5) is 0 Å². The van der Waals surface area contributed by atoms with Crippen LogP contribution in [0.2, 0.25) is 5.02 Å². The summed E-state index contributed by atoms with van der Waals surface area (Å²) in [5.74, 6) is -1.16. The van der Waals surface area contributed by atoms with Crippen molar-refractivity contribution in [1.82, 2.24) is 15.1 Å². The van der Waals surface area contributed by atoms with Gasteiger partial charge in [-0.15, -0.1) is 0 Å². The Morgan fingerprint density at radius 1 is 1.58 bits per heavy atom. The SMILES string of the molecule is Cc1c(Cl)c(C(=O)NC(CC2CC2)C(=O)O)nn1C. The molecule has 2 N–H and O–H groups in total. The summed E-state index contributed by atoms with van der Waals surface area (Å²) in [6.07, 6.45) is 2.52. The minimum atomic E-state index is -1.02. The zero-order chi connectivity index (χ0) is 14.2. The molecule has 6 nitrogen and oxygen atoms in total. The second-order valence-electron chi connectivity index (χ2n) is 4.91. The highest BCUT2D eigenvalue weighted by atomic mass is 35.5. The van der Waals surface area contributed by atoms with E-state index in [1.165, 1.54) is 4.68 Å². The van der Waals surface area contributed by atoms with Crippen LogP contribution < -0.4 is 5.32 Å². The van der Waals surface area contributed by atoms with Crippen LogP contribution in [0, 0.1) is 12.8 Å². The third kappa shape index (κ3) is 3.07. The fourth-order valence-electron chi connectivity index (χ4n) is 1.86. The van der Waals surface area contributed by atoms with Gasteiger partial charge in [-0.1, -0.05) is 24.4 Å². The van der Waals surface area contributed by atoms with Crippen LogP contribution in [0.3, 0.4) is 0 Å². The summed E-state index contributed by atoms with van der Waals surface area (Å²) in [6, 6.07) is -0.877. The Bertz CT molecular complexity index is 523. The van der Waals surface area contributed by atoms with Gasteiger partial charge in [0.1, 0.15) is 6.04 Å². The Morgan fingerprint density at radius 3 is 2.63 bits per heavy atom. The van der Waals surface area contributed by atoms with E-state index in [-0.39, 0.29) is 10.7 Å². The summed E-state index contributed by atoms with van der Waals surface area (Å²) >= 11 is 6.00. The van der Waals surface area contributed by atoms with Crippen molar-refractivity contribution in [2.24, 2.45) is 13.0 Å². The number of carboxylic acid groups (broad SMARTS) is 1. The third-order valence-electron chi connectivity index (χ3n) is 3.35. The fourth-order valence-corrected chi connectivity index (χ4v) is 2.11. The van der Waals surface area contributed by atoms with E-state index in [1.807, 2.05) is 0 Å². The predicted molar refractivity (Wildman–Crippen MR) is 69.2 cm³/mol. The number of rotatable bonds is 5. The molecule has 0 aromatic carbocycles. The van der Waals surface area contributed by atoms with E-state index in [2.05, 4.69) is 10.4 Å². The fraction of sp³-hybridized carbons (Fsp3) is 0.583. The van der Waals surface area contributed by atoms with Crippen LogP contribution >= 0.6 is 11.6 Å². The van der Waals surface area contributed by atoms with Gasteiger partial charge >= 0.3 is 5.97 Å². The number of aryl methyl sites for hydroxylation is 1. The lowest BCUT2D eigenvalue weighted by Crippen LogP contribution is -2.41. The Morgan fingerprint density at radius 2 is 2.21 bits per heavy atom. The lowest BCUT2D eigenvalue weighted by molar-refractivity contribution is -0.139. The number of amides is 1. The van der Waals surface area contributed by atoms with Crippen molar-refractivity contribution in [2.75, 3.05) is 0 Å². The van der Waals surface area contributed by atoms with E-state index in [1.54, 1.807) is 14.0 Å². The van der Waals surface area contributed by atoms with Gasteiger partial charge in [-0.2, -0.15) is 5.10 Å². The van der Waals surface area contributed by atoms with E-state index >= 15 is 0 Å². The third-order valence-corrected chi connectivity index (χ3v) is 3.80. The van der Waals surface area contributed by atoms with E-state index in [0.29, 0.717) is 18.0 Å². The van der Waals surface area contributed by atoms with E-state index in [0.717, 1.165) is 12.8 Å². The maximum Gasteiger partial charge on any atom is 0.326 e. The number of carbonyl (C=O) groups excluding carboxylic acids is 1. The lowest BCUT2D eigenvalue weighted by Gasteiger charge is -2.13. The number of hydrogen-bond donors (Lipinski definition) is 2. The van der Waals surface area contributed by atoms with Crippen molar-refractivity contribution in [3.8, 4) is 0 Å². The number of carbonyl (C=O) groups is 2. The van der Waals surface area contributed by atoms with Crippen molar-refractivity contribution < 1.29 is 14.7 Å². The van der Waals surface area contributed by atoms with Gasteiger partial charge in [0.2, 0.25) is 0 Å². The minimum Gasteiger partial charge on any atom is -0.480 e. The number of halogens is 1. The zero-order valence-electron chi connectivity index (χ0n) is 10.8. The van der Waals surface area contributed by atoms with Crippen LogP contribution in [-0.4, -0.2) is 32.8 Å². The Labute approximate surface area is 115 Å². The minimum absolute atomic E-state index is 0.0729. The van der Waals surface area contributed by atoms with Crippen LogP contribution in [0.5, 0.6) is 0 Å². The zero-order valence-corrected chi connectivity index (χ0v) is 11.6. The standard InChI is InChI=1S/C12H16ClN3O3/c1-6-9(13)10(15-16(6)2)11(17)14-8(12(18)19)5-7-3-4-7/h7-8H,3-5H2,1-2H3,(H,14,17)(H,18,19). The Balaban J connectivity index is 2.09. The smallest absolute Gasteiger partial charge is 0.326 e. The van der Waals surface area contributed by atoms with E-state index < -0.39 is 17.9 Å². The molecule has 1 unspecified atom stereocenters. The summed E-state index contributed by atoms with van der Waals surface area (Å²) in [6.45, 7) is 1.74. The molecule has 0 radical (unpaired) electrons. The van der Waals surface area contributed by atoms with Crippen LogP contribution in [0.25, 0.3) is 0 Å². The predicted octanol–water partition coefficient (Wildman–Crippen LogP) is 1.37. The summed E-state index contributed by atoms with van der Waals surface area (Å²) in [5, 5.41) is 15.8. The highest BCUT2D eigenvalue weighted by Crippen LogP contribution is 2.33. The number of aliphatic carboxylic acids is 1. The average molecular weight is 286 g/mol. The van der Waals surface area contributed by atoms with Gasteiger partial charge in [0.25, 0.3) is 5.91 Å². The molecule has 1 amide bonds. The molecule has 1 heterocycles. The first kappa shape index (κ1) is 13.9. The molecule has 0 saturated heterocycles. The number of aromatic nitrogens is 2. The molecule has 0 bridgehead atoms. The molecule has 1 aromatic rings. The van der Waals surface area contributed by atoms with Crippen LogP contribution in [0.1, 0.15) is 35.4 Å². The maximum atomic E-state index is 12.0. The van der Waals surface area contributed by atoms with Gasteiger partial charge in [-0.05, 0) is 19.3 Å². The number of carboxylic acids is 1. The summed E-state index contributed by atoms with van der Waals surface area (Å²) in [4.78, 5) is 23.1. The number of nitrogens with one attached hydrogen (secondary N) is 1. The Hall–Kier alpha value is -1.56. The molecular weight excluding hydrogens is 270 g/mol. The van der Waals surface area contributed by atoms with Gasteiger partial charge in [0, 0.05) is 7.05 Å². The van der Waals surface area contributed by atoms with Crippen molar-refractivity contribution in [3.05, 3.63) is 16.4 Å². The quantitative estimate of drug-likeness (QED) is 0.856. The molecular formula is C12H16ClN3O3. The molecule has 104 valence electrons.